The Balaban J connectivity index is 1.47. The van der Waals surface area contributed by atoms with Gasteiger partial charge in [-0.2, -0.15) is 0 Å². The Hall–Kier alpha value is -3.25. The number of hydrogen-bond acceptors (Lipinski definition) is 3. The van der Waals surface area contributed by atoms with Gasteiger partial charge in [0.25, 0.3) is 0 Å². The molecule has 1 saturated heterocycles. The van der Waals surface area contributed by atoms with Crippen LogP contribution < -0.4 is 15.5 Å². The van der Waals surface area contributed by atoms with Crippen LogP contribution in [-0.2, 0) is 11.3 Å². The predicted molar refractivity (Wildman–Crippen MR) is 117 cm³/mol. The average Bonchev–Trinajstić information content (AvgIpc) is 3.35. The van der Waals surface area contributed by atoms with Crippen LogP contribution in [-0.4, -0.2) is 30.7 Å². The van der Waals surface area contributed by atoms with Crippen molar-refractivity contribution >= 4 is 23.2 Å². The van der Waals surface area contributed by atoms with Crippen molar-refractivity contribution in [1.82, 2.24) is 10.3 Å². The lowest BCUT2D eigenvalue weighted by molar-refractivity contribution is 0.134. The molecule has 4 rings (SSSR count). The Morgan fingerprint density at radius 1 is 1.10 bits per heavy atom. The molecule has 2 heterocycles. The number of aromatic nitrogens is 1. The van der Waals surface area contributed by atoms with Crippen LogP contribution in [0.4, 0.5) is 22.0 Å². The maximum Gasteiger partial charge on any atom is 0.321 e. The highest BCUT2D eigenvalue weighted by molar-refractivity contribution is 5.94. The molecule has 0 unspecified atom stereocenters. The SMILES string of the molecule is CCOCc1cc(C)cc(Nc2ccc(-c3ccc(N4CCNC4=O)cc3)[nH]2)c1. The first-order valence-electron chi connectivity index (χ1n) is 9.92. The van der Waals surface area contributed by atoms with Gasteiger partial charge in [0.05, 0.1) is 6.61 Å². The van der Waals surface area contributed by atoms with Crippen molar-refractivity contribution < 1.29 is 9.53 Å². The zero-order valence-electron chi connectivity index (χ0n) is 16.8. The van der Waals surface area contributed by atoms with Gasteiger partial charge in [0.1, 0.15) is 5.82 Å². The van der Waals surface area contributed by atoms with E-state index in [-0.39, 0.29) is 6.03 Å². The number of H-pyrrole nitrogens is 1. The molecular formula is C23H26N4O2. The number of ether oxygens (including phenoxy) is 1. The molecule has 2 amide bonds. The molecule has 1 aliphatic heterocycles. The summed E-state index contributed by atoms with van der Waals surface area (Å²) in [5.74, 6) is 0.927. The van der Waals surface area contributed by atoms with E-state index in [9.17, 15) is 4.79 Å². The van der Waals surface area contributed by atoms with E-state index in [4.69, 9.17) is 4.74 Å². The summed E-state index contributed by atoms with van der Waals surface area (Å²) in [4.78, 5) is 17.0. The molecule has 1 aliphatic rings. The van der Waals surface area contributed by atoms with Crippen molar-refractivity contribution in [2.24, 2.45) is 0 Å². The number of carbonyl (C=O) groups excluding carboxylic acids is 1. The smallest absolute Gasteiger partial charge is 0.321 e. The van der Waals surface area contributed by atoms with Crippen LogP contribution in [0, 0.1) is 6.92 Å². The number of anilines is 3. The zero-order chi connectivity index (χ0) is 20.2. The molecule has 6 heteroatoms. The van der Waals surface area contributed by atoms with E-state index >= 15 is 0 Å². The second-order valence-corrected chi connectivity index (χ2v) is 7.19. The second-order valence-electron chi connectivity index (χ2n) is 7.19. The number of aryl methyl sites for hydroxylation is 1. The number of hydrogen-bond donors (Lipinski definition) is 3. The minimum atomic E-state index is -0.0361. The number of aromatic amines is 1. The number of rotatable bonds is 7. The summed E-state index contributed by atoms with van der Waals surface area (Å²) in [6, 6.07) is 18.4. The van der Waals surface area contributed by atoms with Gasteiger partial charge >= 0.3 is 6.03 Å². The summed E-state index contributed by atoms with van der Waals surface area (Å²) in [5.41, 5.74) is 6.38. The lowest BCUT2D eigenvalue weighted by Gasteiger charge is -2.14. The van der Waals surface area contributed by atoms with Crippen LogP contribution in [0.5, 0.6) is 0 Å². The Bertz CT molecular complexity index is 994. The van der Waals surface area contributed by atoms with E-state index in [0.29, 0.717) is 26.3 Å². The van der Waals surface area contributed by atoms with Crippen LogP contribution in [0.1, 0.15) is 18.1 Å². The summed E-state index contributed by atoms with van der Waals surface area (Å²) in [5, 5.41) is 6.27. The number of amides is 2. The first-order chi connectivity index (χ1) is 14.1. The van der Waals surface area contributed by atoms with Crippen molar-refractivity contribution in [2.75, 3.05) is 29.9 Å². The molecule has 0 spiro atoms. The largest absolute Gasteiger partial charge is 0.377 e. The van der Waals surface area contributed by atoms with Gasteiger partial charge in [-0.3, -0.25) is 4.90 Å². The van der Waals surface area contributed by atoms with Crippen LogP contribution in [0.25, 0.3) is 11.3 Å². The van der Waals surface area contributed by atoms with E-state index in [1.54, 1.807) is 4.90 Å². The first kappa shape index (κ1) is 19.1. The summed E-state index contributed by atoms with van der Waals surface area (Å²) in [7, 11) is 0. The van der Waals surface area contributed by atoms with E-state index in [2.05, 4.69) is 46.8 Å². The van der Waals surface area contributed by atoms with Crippen LogP contribution in [0.2, 0.25) is 0 Å². The summed E-state index contributed by atoms with van der Waals surface area (Å²) in [6.45, 7) is 6.81. The van der Waals surface area contributed by atoms with Gasteiger partial charge in [-0.05, 0) is 66.9 Å². The average molecular weight is 390 g/mol. The van der Waals surface area contributed by atoms with Crippen molar-refractivity contribution in [2.45, 2.75) is 20.5 Å². The topological polar surface area (TPSA) is 69.4 Å². The zero-order valence-corrected chi connectivity index (χ0v) is 16.8. The van der Waals surface area contributed by atoms with Gasteiger partial charge in [-0.15, -0.1) is 0 Å². The third-order valence-electron chi connectivity index (χ3n) is 4.92. The molecule has 150 valence electrons. The molecule has 0 aliphatic carbocycles. The van der Waals surface area contributed by atoms with E-state index in [1.165, 1.54) is 5.56 Å². The van der Waals surface area contributed by atoms with Gasteiger partial charge < -0.3 is 20.4 Å². The number of nitrogens with zero attached hydrogens (tertiary/aromatic N) is 1. The maximum absolute atomic E-state index is 11.8. The first-order valence-corrected chi connectivity index (χ1v) is 9.92. The Morgan fingerprint density at radius 2 is 1.93 bits per heavy atom. The fourth-order valence-corrected chi connectivity index (χ4v) is 3.57. The summed E-state index contributed by atoms with van der Waals surface area (Å²) in [6.07, 6.45) is 0. The van der Waals surface area contributed by atoms with Gasteiger partial charge in [-0.1, -0.05) is 18.2 Å². The monoisotopic (exact) mass is 390 g/mol. The van der Waals surface area contributed by atoms with Crippen molar-refractivity contribution in [1.29, 1.82) is 0 Å². The van der Waals surface area contributed by atoms with E-state index in [0.717, 1.165) is 34.0 Å². The minimum absolute atomic E-state index is 0.0361. The van der Waals surface area contributed by atoms with Gasteiger partial charge in [0.15, 0.2) is 0 Å². The Morgan fingerprint density at radius 3 is 2.66 bits per heavy atom. The van der Waals surface area contributed by atoms with Crippen LogP contribution >= 0.6 is 0 Å². The molecule has 3 aromatic rings. The van der Waals surface area contributed by atoms with Crippen LogP contribution in [0.3, 0.4) is 0 Å². The predicted octanol–water partition coefficient (Wildman–Crippen LogP) is 4.80. The highest BCUT2D eigenvalue weighted by atomic mass is 16.5. The number of nitrogens with one attached hydrogen (secondary N) is 3. The quantitative estimate of drug-likeness (QED) is 0.543. The van der Waals surface area contributed by atoms with Crippen molar-refractivity contribution in [3.05, 3.63) is 65.7 Å². The van der Waals surface area contributed by atoms with Gasteiger partial charge in [-0.25, -0.2) is 4.79 Å². The van der Waals surface area contributed by atoms with Gasteiger partial charge in [0, 0.05) is 36.8 Å². The third-order valence-corrected chi connectivity index (χ3v) is 4.92. The molecule has 0 atom stereocenters. The molecule has 1 fully saturated rings. The summed E-state index contributed by atoms with van der Waals surface area (Å²) < 4.78 is 5.53. The molecule has 0 saturated carbocycles. The molecule has 0 radical (unpaired) electrons. The third kappa shape index (κ3) is 4.43. The van der Waals surface area contributed by atoms with Crippen molar-refractivity contribution in [3.63, 3.8) is 0 Å². The minimum Gasteiger partial charge on any atom is -0.377 e. The fraction of sp³-hybridized carbons (Fsp3) is 0.261. The number of urea groups is 1. The fourth-order valence-electron chi connectivity index (χ4n) is 3.57. The molecular weight excluding hydrogens is 364 g/mol. The standard InChI is InChI=1S/C23H26N4O2/c1-3-29-15-17-12-16(2)13-19(14-17)25-22-9-8-21(26-22)18-4-6-20(7-5-18)27-11-10-24-23(27)28/h4-9,12-14,25-26H,3,10-11,15H2,1-2H3,(H,24,28). The lowest BCUT2D eigenvalue weighted by Crippen LogP contribution is -2.27. The van der Waals surface area contributed by atoms with Crippen molar-refractivity contribution in [3.8, 4) is 11.3 Å². The Labute approximate surface area is 170 Å². The molecule has 2 aromatic carbocycles. The normalized spacial score (nSPS) is 13.6. The highest BCUT2D eigenvalue weighted by Gasteiger charge is 2.20. The molecule has 3 N–H and O–H groups in total. The van der Waals surface area contributed by atoms with Gasteiger partial charge in [0.2, 0.25) is 0 Å². The molecule has 1 aromatic heterocycles. The molecule has 29 heavy (non-hydrogen) atoms. The number of benzene rings is 2. The molecule has 6 nitrogen and oxygen atoms in total. The Kier molecular flexibility index (Phi) is 5.53. The highest BCUT2D eigenvalue weighted by Crippen LogP contribution is 2.26. The maximum atomic E-state index is 11.8. The van der Waals surface area contributed by atoms with Crippen LogP contribution in [0.15, 0.2) is 54.6 Å². The molecule has 0 bridgehead atoms. The second kappa shape index (κ2) is 8.41. The summed E-state index contributed by atoms with van der Waals surface area (Å²) >= 11 is 0. The van der Waals surface area contributed by atoms with E-state index < -0.39 is 0 Å². The number of carbonyl (C=O) groups is 1. The lowest BCUT2D eigenvalue weighted by atomic mass is 10.1. The van der Waals surface area contributed by atoms with E-state index in [1.807, 2.05) is 37.3 Å².